The Balaban J connectivity index is 1.84. The van der Waals surface area contributed by atoms with E-state index >= 15 is 0 Å². The number of aromatic nitrogens is 1. The van der Waals surface area contributed by atoms with Crippen molar-refractivity contribution in [3.05, 3.63) is 50.9 Å². The summed E-state index contributed by atoms with van der Waals surface area (Å²) in [5.41, 5.74) is 1.16. The summed E-state index contributed by atoms with van der Waals surface area (Å²) in [5.74, 6) is 0.0284. The number of carbonyl (C=O) groups excluding carboxylic acids is 2. The minimum Gasteiger partial charge on any atom is -0.450 e. The van der Waals surface area contributed by atoms with Gasteiger partial charge in [-0.3, -0.25) is 9.69 Å². The largest absolute Gasteiger partial charge is 0.450 e. The molecule has 0 radical (unpaired) electrons. The van der Waals surface area contributed by atoms with Crippen LogP contribution in [0.3, 0.4) is 0 Å². The minimum absolute atomic E-state index is 0.0284. The van der Waals surface area contributed by atoms with E-state index in [1.807, 2.05) is 23.6 Å². The number of thiazole rings is 1. The molecule has 152 valence electrons. The third-order valence-electron chi connectivity index (χ3n) is 4.05. The van der Waals surface area contributed by atoms with E-state index in [0.717, 1.165) is 18.4 Å². The summed E-state index contributed by atoms with van der Waals surface area (Å²) in [7, 11) is 0. The predicted octanol–water partition coefficient (Wildman–Crippen LogP) is 4.51. The average molecular weight is 468 g/mol. The van der Waals surface area contributed by atoms with Crippen molar-refractivity contribution in [1.29, 1.82) is 0 Å². The molecular weight excluding hydrogens is 442 g/mol. The van der Waals surface area contributed by atoms with Crippen molar-refractivity contribution in [2.75, 3.05) is 26.2 Å². The van der Waals surface area contributed by atoms with Gasteiger partial charge in [0.15, 0.2) is 10.8 Å². The van der Waals surface area contributed by atoms with Gasteiger partial charge in [0, 0.05) is 38.0 Å². The number of halogens is 1. The molecule has 0 spiro atoms. The molecule has 2 aromatic rings. The summed E-state index contributed by atoms with van der Waals surface area (Å²) >= 11 is 4.62. The zero-order chi connectivity index (χ0) is 20.2. The van der Waals surface area contributed by atoms with Gasteiger partial charge in [0.05, 0.1) is 6.61 Å². The first-order valence-corrected chi connectivity index (χ1v) is 11.1. The second kappa shape index (κ2) is 12.6. The molecule has 0 aliphatic carbocycles. The van der Waals surface area contributed by atoms with Crippen molar-refractivity contribution >= 4 is 39.1 Å². The van der Waals surface area contributed by atoms with E-state index < -0.39 is 6.09 Å². The van der Waals surface area contributed by atoms with Gasteiger partial charge >= 0.3 is 6.09 Å². The fourth-order valence-electron chi connectivity index (χ4n) is 2.54. The molecule has 1 N–H and O–H groups in total. The maximum atomic E-state index is 12.4. The molecule has 0 aliphatic rings. The van der Waals surface area contributed by atoms with Crippen LogP contribution in [0.4, 0.5) is 4.79 Å². The summed E-state index contributed by atoms with van der Waals surface area (Å²) in [6, 6.07) is 10.1. The Morgan fingerprint density at radius 3 is 2.71 bits per heavy atom. The number of ketones is 1. The van der Waals surface area contributed by atoms with E-state index in [4.69, 9.17) is 4.74 Å². The fourth-order valence-corrected chi connectivity index (χ4v) is 3.76. The third-order valence-corrected chi connectivity index (χ3v) is 5.64. The van der Waals surface area contributed by atoms with Gasteiger partial charge < -0.3 is 10.1 Å². The number of ether oxygens (including phenoxy) is 1. The molecule has 0 bridgehead atoms. The number of hydrogen-bond acceptors (Lipinski definition) is 6. The van der Waals surface area contributed by atoms with Crippen molar-refractivity contribution in [2.24, 2.45) is 0 Å². The summed E-state index contributed by atoms with van der Waals surface area (Å²) in [6.07, 6.45) is 1.84. The molecule has 1 aromatic carbocycles. The van der Waals surface area contributed by atoms with E-state index in [9.17, 15) is 9.59 Å². The normalized spacial score (nSPS) is 10.8. The van der Waals surface area contributed by atoms with Crippen LogP contribution in [0.2, 0.25) is 0 Å². The number of nitrogens with one attached hydrogen (secondary N) is 1. The minimum atomic E-state index is -0.392. The van der Waals surface area contributed by atoms with Crippen molar-refractivity contribution in [3.63, 3.8) is 0 Å². The molecule has 1 amide bonds. The van der Waals surface area contributed by atoms with E-state index in [1.54, 1.807) is 0 Å². The van der Waals surface area contributed by atoms with Gasteiger partial charge in [-0.15, -0.1) is 11.3 Å². The molecule has 6 nitrogen and oxygen atoms in total. The first-order valence-electron chi connectivity index (χ1n) is 9.39. The smallest absolute Gasteiger partial charge is 0.407 e. The van der Waals surface area contributed by atoms with Crippen LogP contribution in [-0.2, 0) is 11.3 Å². The van der Waals surface area contributed by atoms with Crippen LogP contribution < -0.4 is 5.32 Å². The number of rotatable bonds is 12. The Hall–Kier alpha value is -1.77. The van der Waals surface area contributed by atoms with Gasteiger partial charge in [-0.2, -0.15) is 0 Å². The van der Waals surface area contributed by atoms with Crippen LogP contribution >= 0.6 is 27.3 Å². The van der Waals surface area contributed by atoms with Crippen molar-refractivity contribution in [2.45, 2.75) is 32.7 Å². The van der Waals surface area contributed by atoms with Gasteiger partial charge in [0.25, 0.3) is 0 Å². The predicted molar refractivity (Wildman–Crippen MR) is 115 cm³/mol. The molecule has 0 fully saturated rings. The van der Waals surface area contributed by atoms with Crippen LogP contribution in [0.5, 0.6) is 0 Å². The first kappa shape index (κ1) is 22.5. The highest BCUT2D eigenvalue weighted by Crippen LogP contribution is 2.16. The lowest BCUT2D eigenvalue weighted by molar-refractivity contribution is 0.0960. The number of unbranched alkanes of at least 4 members (excludes halogenated alkanes) is 1. The van der Waals surface area contributed by atoms with Gasteiger partial charge in [0.2, 0.25) is 0 Å². The Labute approximate surface area is 178 Å². The number of amides is 1. The van der Waals surface area contributed by atoms with E-state index in [-0.39, 0.29) is 5.78 Å². The number of carbonyl (C=O) groups is 2. The number of hydrogen-bond donors (Lipinski definition) is 1. The Morgan fingerprint density at radius 1 is 1.25 bits per heavy atom. The molecular formula is C20H26BrN3O3S. The summed E-state index contributed by atoms with van der Waals surface area (Å²) < 4.78 is 5.79. The Kier molecular flexibility index (Phi) is 10.2. The molecule has 8 heteroatoms. The van der Waals surface area contributed by atoms with Crippen LogP contribution in [0.15, 0.2) is 40.3 Å². The lowest BCUT2D eigenvalue weighted by Crippen LogP contribution is -2.36. The van der Waals surface area contributed by atoms with Gasteiger partial charge in [-0.1, -0.05) is 43.7 Å². The number of alkyl carbamates (subject to hydrolysis) is 1. The zero-order valence-corrected chi connectivity index (χ0v) is 18.4. The van der Waals surface area contributed by atoms with Crippen molar-refractivity contribution in [3.8, 4) is 0 Å². The van der Waals surface area contributed by atoms with Crippen LogP contribution in [0.1, 0.15) is 41.6 Å². The van der Waals surface area contributed by atoms with Crippen LogP contribution in [0, 0.1) is 0 Å². The highest BCUT2D eigenvalue weighted by Gasteiger charge is 2.14. The molecule has 28 heavy (non-hydrogen) atoms. The monoisotopic (exact) mass is 467 g/mol. The van der Waals surface area contributed by atoms with E-state index in [1.165, 1.54) is 11.3 Å². The molecule has 0 unspecified atom stereocenters. The third kappa shape index (κ3) is 8.50. The second-order valence-electron chi connectivity index (χ2n) is 6.33. The van der Waals surface area contributed by atoms with E-state index in [2.05, 4.69) is 50.2 Å². The maximum absolute atomic E-state index is 12.4. The quantitative estimate of drug-likeness (QED) is 0.367. The average Bonchev–Trinajstić information content (AvgIpc) is 3.13. The second-order valence-corrected chi connectivity index (χ2v) is 8.00. The van der Waals surface area contributed by atoms with Crippen LogP contribution in [-0.4, -0.2) is 48.0 Å². The number of nitrogens with zero attached hydrogens (tertiary/aromatic N) is 2. The van der Waals surface area contributed by atoms with Crippen molar-refractivity contribution in [1.82, 2.24) is 15.2 Å². The SMILES string of the molecule is CCCCOC(=O)NCCN(CCC(=O)c1nc(Br)cs1)Cc1ccccc1. The summed E-state index contributed by atoms with van der Waals surface area (Å²) in [5, 5.41) is 5.10. The lowest BCUT2D eigenvalue weighted by Gasteiger charge is -2.22. The molecule has 0 atom stereocenters. The molecule has 1 heterocycles. The molecule has 0 aliphatic heterocycles. The Morgan fingerprint density at radius 2 is 2.04 bits per heavy atom. The molecule has 0 saturated heterocycles. The molecule has 2 rings (SSSR count). The lowest BCUT2D eigenvalue weighted by atomic mass is 10.2. The van der Waals surface area contributed by atoms with Crippen LogP contribution in [0.25, 0.3) is 0 Å². The maximum Gasteiger partial charge on any atom is 0.407 e. The van der Waals surface area contributed by atoms with Gasteiger partial charge in [-0.05, 0) is 27.9 Å². The number of benzene rings is 1. The summed E-state index contributed by atoms with van der Waals surface area (Å²) in [4.78, 5) is 30.4. The topological polar surface area (TPSA) is 71.5 Å². The fraction of sp³-hybridized carbons (Fsp3) is 0.450. The summed E-state index contributed by atoms with van der Waals surface area (Å²) in [6.45, 7) is 4.89. The highest BCUT2D eigenvalue weighted by molar-refractivity contribution is 9.10. The van der Waals surface area contributed by atoms with Gasteiger partial charge in [0.1, 0.15) is 4.60 Å². The Bertz CT molecular complexity index is 739. The molecule has 1 aromatic heterocycles. The van der Waals surface area contributed by atoms with E-state index in [0.29, 0.717) is 48.8 Å². The highest BCUT2D eigenvalue weighted by atomic mass is 79.9. The van der Waals surface area contributed by atoms with Crippen molar-refractivity contribution < 1.29 is 14.3 Å². The standard InChI is InChI=1S/C20H26BrN3O3S/c1-2-3-13-27-20(26)22-10-12-24(14-16-7-5-4-6-8-16)11-9-17(25)19-23-18(21)15-28-19/h4-8,15H,2-3,9-14H2,1H3,(H,22,26). The van der Waals surface area contributed by atoms with Gasteiger partial charge in [-0.25, -0.2) is 9.78 Å². The molecule has 0 saturated carbocycles. The number of Topliss-reactive ketones (excluding diaryl/α,β-unsaturated/α-hetero) is 1. The first-order chi connectivity index (χ1) is 13.6. The zero-order valence-electron chi connectivity index (χ0n) is 16.0.